The number of hydrogen-bond donors (Lipinski definition) is 1. The van der Waals surface area contributed by atoms with Gasteiger partial charge in [0, 0.05) is 13.0 Å². The van der Waals surface area contributed by atoms with Gasteiger partial charge in [-0.25, -0.2) is 0 Å². The van der Waals surface area contributed by atoms with Gasteiger partial charge in [0.2, 0.25) is 0 Å². The van der Waals surface area contributed by atoms with Crippen LogP contribution in [-0.4, -0.2) is 29.9 Å². The summed E-state index contributed by atoms with van der Waals surface area (Å²) in [7, 11) is 0. The zero-order valence-corrected chi connectivity index (χ0v) is 16.1. The van der Waals surface area contributed by atoms with Crippen molar-refractivity contribution in [3.8, 4) is 0 Å². The third-order valence-corrected chi connectivity index (χ3v) is 4.58. The molecule has 0 saturated carbocycles. The molecule has 0 unspecified atom stereocenters. The van der Waals surface area contributed by atoms with Crippen molar-refractivity contribution in [3.63, 3.8) is 0 Å². The summed E-state index contributed by atoms with van der Waals surface area (Å²) >= 11 is 0. The van der Waals surface area contributed by atoms with Crippen molar-refractivity contribution in [2.75, 3.05) is 6.61 Å². The Kier molecular flexibility index (Phi) is 10.5. The molecule has 0 amide bonds. The third kappa shape index (κ3) is 9.55. The molecule has 0 spiro atoms. The molecule has 2 rings (SSSR count). The van der Waals surface area contributed by atoms with E-state index in [2.05, 4.69) is 36.4 Å². The van der Waals surface area contributed by atoms with Crippen LogP contribution in [-0.2, 0) is 20.9 Å². The van der Waals surface area contributed by atoms with E-state index in [0.29, 0.717) is 25.9 Å². The fourth-order valence-corrected chi connectivity index (χ4v) is 3.00. The molecule has 1 aromatic carbocycles. The molecule has 1 saturated heterocycles. The first-order valence-electron chi connectivity index (χ1n) is 10.0. The number of allylic oxidation sites excluding steroid dienone is 4. The lowest BCUT2D eigenvalue weighted by Gasteiger charge is -2.15. The average molecular weight is 373 g/mol. The Balaban J connectivity index is 1.39. The molecule has 1 fully saturated rings. The molecule has 4 heteroatoms. The minimum atomic E-state index is -0.537. The number of ether oxygens (including phenoxy) is 2. The summed E-state index contributed by atoms with van der Waals surface area (Å²) in [6.45, 7) is 1.48. The van der Waals surface area contributed by atoms with Gasteiger partial charge in [-0.2, -0.15) is 0 Å². The van der Waals surface area contributed by atoms with Gasteiger partial charge in [0.05, 0.1) is 12.7 Å². The Morgan fingerprint density at radius 2 is 1.78 bits per heavy atom. The third-order valence-electron chi connectivity index (χ3n) is 4.58. The van der Waals surface area contributed by atoms with Gasteiger partial charge in [0.15, 0.2) is 0 Å². The highest BCUT2D eigenvalue weighted by Crippen LogP contribution is 2.19. The summed E-state index contributed by atoms with van der Waals surface area (Å²) in [4.78, 5) is 11.0. The Bertz CT molecular complexity index is 579. The highest BCUT2D eigenvalue weighted by Gasteiger charge is 2.29. The van der Waals surface area contributed by atoms with E-state index >= 15 is 0 Å². The number of cyclic esters (lactones) is 1. The van der Waals surface area contributed by atoms with Crippen LogP contribution >= 0.6 is 0 Å². The molecule has 1 N–H and O–H groups in total. The number of benzene rings is 1. The SMILES string of the molecule is O=C1CC[C@H]([C@@H](O)CC/C=C/CC/C=C/CCCOCc2ccccc2)O1. The standard InChI is InChI=1S/C23H32O4/c24-21(22-16-17-23(25)27-22)15-11-6-4-2-1-3-5-7-12-18-26-19-20-13-9-8-10-14-20/h3-6,8-10,13-14,21-22,24H,1-2,7,11-12,15-19H2/b5-3+,6-4+/t21-,22+/m0/s1. The van der Waals surface area contributed by atoms with Gasteiger partial charge in [0.1, 0.15) is 6.10 Å². The monoisotopic (exact) mass is 372 g/mol. The number of hydrogen-bond acceptors (Lipinski definition) is 4. The first-order chi connectivity index (χ1) is 13.3. The van der Waals surface area contributed by atoms with Crippen molar-refractivity contribution in [3.05, 3.63) is 60.2 Å². The van der Waals surface area contributed by atoms with E-state index < -0.39 is 6.10 Å². The predicted molar refractivity (Wildman–Crippen MR) is 107 cm³/mol. The van der Waals surface area contributed by atoms with E-state index in [1.807, 2.05) is 18.2 Å². The highest BCUT2D eigenvalue weighted by atomic mass is 16.6. The summed E-state index contributed by atoms with van der Waals surface area (Å²) in [6, 6.07) is 10.2. The fourth-order valence-electron chi connectivity index (χ4n) is 3.00. The van der Waals surface area contributed by atoms with Crippen molar-refractivity contribution in [2.45, 2.75) is 70.2 Å². The van der Waals surface area contributed by atoms with Crippen LogP contribution in [0.2, 0.25) is 0 Å². The van der Waals surface area contributed by atoms with Gasteiger partial charge in [-0.3, -0.25) is 4.79 Å². The molecule has 27 heavy (non-hydrogen) atoms. The average Bonchev–Trinajstić information content (AvgIpc) is 3.12. The normalized spacial score (nSPS) is 18.4. The van der Waals surface area contributed by atoms with Crippen LogP contribution in [0, 0.1) is 0 Å². The first-order valence-corrected chi connectivity index (χ1v) is 10.0. The van der Waals surface area contributed by atoms with Crippen LogP contribution in [0.1, 0.15) is 56.9 Å². The minimum absolute atomic E-state index is 0.191. The number of aliphatic hydroxyl groups excluding tert-OH is 1. The summed E-state index contributed by atoms with van der Waals surface area (Å²) in [5.41, 5.74) is 1.22. The lowest BCUT2D eigenvalue weighted by Crippen LogP contribution is -2.25. The van der Waals surface area contributed by atoms with E-state index in [1.165, 1.54) is 5.56 Å². The topological polar surface area (TPSA) is 55.8 Å². The lowest BCUT2D eigenvalue weighted by molar-refractivity contribution is -0.145. The Hall–Kier alpha value is -1.91. The van der Waals surface area contributed by atoms with Crippen LogP contribution in [0.5, 0.6) is 0 Å². The van der Waals surface area contributed by atoms with Gasteiger partial charge >= 0.3 is 5.97 Å². The number of carbonyl (C=O) groups is 1. The number of carbonyl (C=O) groups excluding carboxylic acids is 1. The molecule has 0 aliphatic carbocycles. The van der Waals surface area contributed by atoms with E-state index in [9.17, 15) is 9.90 Å². The fraction of sp³-hybridized carbons (Fsp3) is 0.522. The molecular weight excluding hydrogens is 340 g/mol. The Morgan fingerprint density at radius 1 is 1.07 bits per heavy atom. The maximum Gasteiger partial charge on any atom is 0.306 e. The summed E-state index contributed by atoms with van der Waals surface area (Å²) in [5.74, 6) is -0.191. The molecule has 0 bridgehead atoms. The van der Waals surface area contributed by atoms with Crippen molar-refractivity contribution < 1.29 is 19.4 Å². The molecule has 1 aliphatic rings. The van der Waals surface area contributed by atoms with Crippen LogP contribution in [0.25, 0.3) is 0 Å². The van der Waals surface area contributed by atoms with E-state index in [1.54, 1.807) is 0 Å². The van der Waals surface area contributed by atoms with Crippen molar-refractivity contribution in [2.24, 2.45) is 0 Å². The van der Waals surface area contributed by atoms with Gasteiger partial charge in [0.25, 0.3) is 0 Å². The molecule has 1 aliphatic heterocycles. The summed E-state index contributed by atoms with van der Waals surface area (Å²) < 4.78 is 10.7. The number of rotatable bonds is 13. The number of unbranched alkanes of at least 4 members (excludes halogenated alkanes) is 2. The van der Waals surface area contributed by atoms with Gasteiger partial charge in [-0.15, -0.1) is 0 Å². The second-order valence-electron chi connectivity index (χ2n) is 6.91. The van der Waals surface area contributed by atoms with Crippen LogP contribution in [0.3, 0.4) is 0 Å². The maximum absolute atomic E-state index is 11.0. The van der Waals surface area contributed by atoms with E-state index in [4.69, 9.17) is 9.47 Å². The van der Waals surface area contributed by atoms with Crippen molar-refractivity contribution >= 4 is 5.97 Å². The molecule has 148 valence electrons. The molecule has 0 radical (unpaired) electrons. The van der Waals surface area contributed by atoms with Crippen LogP contribution in [0.4, 0.5) is 0 Å². The van der Waals surface area contributed by atoms with Crippen molar-refractivity contribution in [1.82, 2.24) is 0 Å². The molecule has 1 aromatic rings. The van der Waals surface area contributed by atoms with E-state index in [-0.39, 0.29) is 12.1 Å². The van der Waals surface area contributed by atoms with Crippen molar-refractivity contribution in [1.29, 1.82) is 0 Å². The summed E-state index contributed by atoms with van der Waals surface area (Å²) in [6.07, 6.45) is 14.5. The lowest BCUT2D eigenvalue weighted by atomic mass is 10.1. The Labute approximate surface area is 162 Å². The predicted octanol–water partition coefficient (Wildman–Crippen LogP) is 4.72. The molecule has 2 atom stereocenters. The van der Waals surface area contributed by atoms with E-state index in [0.717, 1.165) is 38.7 Å². The van der Waals surface area contributed by atoms with Gasteiger partial charge < -0.3 is 14.6 Å². The molecular formula is C23H32O4. The molecule has 4 nitrogen and oxygen atoms in total. The zero-order chi connectivity index (χ0) is 19.2. The molecule has 0 aromatic heterocycles. The second kappa shape index (κ2) is 13.3. The first kappa shape index (κ1) is 21.4. The van der Waals surface area contributed by atoms with Gasteiger partial charge in [-0.1, -0.05) is 54.6 Å². The van der Waals surface area contributed by atoms with Crippen LogP contribution in [0.15, 0.2) is 54.6 Å². The smallest absolute Gasteiger partial charge is 0.306 e. The maximum atomic E-state index is 11.0. The number of aliphatic hydroxyl groups is 1. The Morgan fingerprint density at radius 3 is 2.48 bits per heavy atom. The van der Waals surface area contributed by atoms with Crippen LogP contribution < -0.4 is 0 Å². The van der Waals surface area contributed by atoms with Gasteiger partial charge in [-0.05, 0) is 50.5 Å². The molecule has 1 heterocycles. The quantitative estimate of drug-likeness (QED) is 0.309. The zero-order valence-electron chi connectivity index (χ0n) is 16.1. The number of esters is 1. The largest absolute Gasteiger partial charge is 0.460 e. The minimum Gasteiger partial charge on any atom is -0.460 e. The second-order valence-corrected chi connectivity index (χ2v) is 6.91. The summed E-state index contributed by atoms with van der Waals surface area (Å²) in [5, 5.41) is 9.96. The highest BCUT2D eigenvalue weighted by molar-refractivity contribution is 5.71.